The standard InChI is InChI=1S/C14H22O/c1-10(15)6-7-13-8-9-14(4,5)12(3)11(13)2/h6-7,13H,8-9H2,1-5H3. The molecule has 0 N–H and O–H groups in total. The summed E-state index contributed by atoms with van der Waals surface area (Å²) in [5.74, 6) is 0.618. The van der Waals surface area contributed by atoms with Crippen molar-refractivity contribution in [1.82, 2.24) is 0 Å². The van der Waals surface area contributed by atoms with Crippen molar-refractivity contribution < 1.29 is 4.79 Å². The van der Waals surface area contributed by atoms with Gasteiger partial charge in [0.2, 0.25) is 0 Å². The van der Waals surface area contributed by atoms with Gasteiger partial charge in [-0.2, -0.15) is 0 Å². The van der Waals surface area contributed by atoms with Crippen LogP contribution in [0, 0.1) is 11.3 Å². The molecular formula is C14H22O. The van der Waals surface area contributed by atoms with Gasteiger partial charge in [-0.05, 0) is 51.0 Å². The third kappa shape index (κ3) is 2.80. The van der Waals surface area contributed by atoms with Gasteiger partial charge in [0, 0.05) is 0 Å². The van der Waals surface area contributed by atoms with Crippen LogP contribution in [0.15, 0.2) is 23.3 Å². The summed E-state index contributed by atoms with van der Waals surface area (Å²) in [6.45, 7) is 10.6. The van der Waals surface area contributed by atoms with Crippen molar-refractivity contribution in [3.63, 3.8) is 0 Å². The molecule has 15 heavy (non-hydrogen) atoms. The van der Waals surface area contributed by atoms with Crippen molar-refractivity contribution in [2.45, 2.75) is 47.5 Å². The van der Waals surface area contributed by atoms with Crippen molar-refractivity contribution in [2.75, 3.05) is 0 Å². The van der Waals surface area contributed by atoms with E-state index in [9.17, 15) is 4.79 Å². The summed E-state index contributed by atoms with van der Waals surface area (Å²) in [4.78, 5) is 10.9. The Morgan fingerprint density at radius 3 is 2.53 bits per heavy atom. The highest BCUT2D eigenvalue weighted by Gasteiger charge is 2.29. The second kappa shape index (κ2) is 4.34. The van der Waals surface area contributed by atoms with Gasteiger partial charge in [-0.3, -0.25) is 4.79 Å². The fourth-order valence-electron chi connectivity index (χ4n) is 2.22. The Morgan fingerprint density at radius 1 is 1.40 bits per heavy atom. The van der Waals surface area contributed by atoms with E-state index in [1.165, 1.54) is 24.0 Å². The van der Waals surface area contributed by atoms with Crippen LogP contribution < -0.4 is 0 Å². The second-order valence-electron chi connectivity index (χ2n) is 5.31. The first kappa shape index (κ1) is 12.2. The van der Waals surface area contributed by atoms with Crippen LogP contribution in [0.5, 0.6) is 0 Å². The van der Waals surface area contributed by atoms with Crippen molar-refractivity contribution in [1.29, 1.82) is 0 Å². The monoisotopic (exact) mass is 206 g/mol. The third-order valence-electron chi connectivity index (χ3n) is 3.81. The van der Waals surface area contributed by atoms with E-state index < -0.39 is 0 Å². The van der Waals surface area contributed by atoms with Crippen LogP contribution in [0.25, 0.3) is 0 Å². The lowest BCUT2D eigenvalue weighted by Crippen LogP contribution is -2.23. The molecule has 0 heterocycles. The number of ketones is 1. The lowest BCUT2D eigenvalue weighted by molar-refractivity contribution is -0.112. The number of hydrogen-bond donors (Lipinski definition) is 0. The summed E-state index contributed by atoms with van der Waals surface area (Å²) in [5.41, 5.74) is 3.28. The summed E-state index contributed by atoms with van der Waals surface area (Å²) < 4.78 is 0. The average Bonchev–Trinajstić information content (AvgIpc) is 2.13. The number of hydrogen-bond acceptors (Lipinski definition) is 1. The Morgan fingerprint density at radius 2 is 2.00 bits per heavy atom. The van der Waals surface area contributed by atoms with E-state index in [4.69, 9.17) is 0 Å². The van der Waals surface area contributed by atoms with Crippen LogP contribution in [0.1, 0.15) is 47.5 Å². The normalized spacial score (nSPS) is 26.1. The molecule has 1 heteroatoms. The summed E-state index contributed by atoms with van der Waals surface area (Å²) in [5, 5.41) is 0. The van der Waals surface area contributed by atoms with Crippen molar-refractivity contribution in [2.24, 2.45) is 11.3 Å². The molecule has 1 aliphatic rings. The highest BCUT2D eigenvalue weighted by atomic mass is 16.1. The SMILES string of the molecule is CC(=O)C=CC1CCC(C)(C)C(C)=C1C. The molecule has 0 radical (unpaired) electrons. The first-order chi connectivity index (χ1) is 6.84. The van der Waals surface area contributed by atoms with Crippen LogP contribution in [0.2, 0.25) is 0 Å². The number of carbonyl (C=O) groups excluding carboxylic acids is 1. The largest absolute Gasteiger partial charge is 0.295 e. The fraction of sp³-hybridized carbons (Fsp3) is 0.643. The molecule has 84 valence electrons. The lowest BCUT2D eigenvalue weighted by Gasteiger charge is -2.36. The lowest BCUT2D eigenvalue weighted by atomic mass is 9.69. The first-order valence-corrected chi connectivity index (χ1v) is 5.71. The predicted octanol–water partition coefficient (Wildman–Crippen LogP) is 3.90. The predicted molar refractivity (Wildman–Crippen MR) is 64.7 cm³/mol. The van der Waals surface area contributed by atoms with Gasteiger partial charge in [0.05, 0.1) is 0 Å². The highest BCUT2D eigenvalue weighted by Crippen LogP contribution is 2.42. The minimum atomic E-state index is 0.144. The van der Waals surface area contributed by atoms with Gasteiger partial charge in [-0.25, -0.2) is 0 Å². The van der Waals surface area contributed by atoms with E-state index in [2.05, 4.69) is 33.8 Å². The van der Waals surface area contributed by atoms with Crippen LogP contribution in [0.3, 0.4) is 0 Å². The molecule has 0 aliphatic heterocycles. The maximum absolute atomic E-state index is 10.9. The van der Waals surface area contributed by atoms with Crippen molar-refractivity contribution in [3.8, 4) is 0 Å². The molecule has 1 rings (SSSR count). The van der Waals surface area contributed by atoms with Crippen LogP contribution in [0.4, 0.5) is 0 Å². The zero-order valence-corrected chi connectivity index (χ0v) is 10.6. The van der Waals surface area contributed by atoms with Crippen molar-refractivity contribution in [3.05, 3.63) is 23.3 Å². The summed E-state index contributed by atoms with van der Waals surface area (Å²) >= 11 is 0. The van der Waals surface area contributed by atoms with Gasteiger partial charge in [0.1, 0.15) is 0 Å². The summed E-state index contributed by atoms with van der Waals surface area (Å²) in [6.07, 6.45) is 6.15. The zero-order valence-electron chi connectivity index (χ0n) is 10.6. The first-order valence-electron chi connectivity index (χ1n) is 5.71. The van der Waals surface area contributed by atoms with E-state index in [0.717, 1.165) is 0 Å². The molecular weight excluding hydrogens is 184 g/mol. The molecule has 0 aromatic rings. The van der Waals surface area contributed by atoms with Gasteiger partial charge in [0.25, 0.3) is 0 Å². The van der Waals surface area contributed by atoms with E-state index >= 15 is 0 Å². The van der Waals surface area contributed by atoms with Gasteiger partial charge >= 0.3 is 0 Å². The van der Waals surface area contributed by atoms with Crippen molar-refractivity contribution >= 4 is 5.78 Å². The second-order valence-corrected chi connectivity index (χ2v) is 5.31. The quantitative estimate of drug-likeness (QED) is 0.494. The Hall–Kier alpha value is -0.850. The average molecular weight is 206 g/mol. The summed E-state index contributed by atoms with van der Waals surface area (Å²) in [7, 11) is 0. The Bertz CT molecular complexity index is 318. The molecule has 0 saturated heterocycles. The zero-order chi connectivity index (χ0) is 11.6. The summed E-state index contributed by atoms with van der Waals surface area (Å²) in [6, 6.07) is 0. The van der Waals surface area contributed by atoms with Gasteiger partial charge in [0.15, 0.2) is 5.78 Å². The maximum Gasteiger partial charge on any atom is 0.152 e. The van der Waals surface area contributed by atoms with E-state index in [-0.39, 0.29) is 5.78 Å². The Labute approximate surface area is 93.3 Å². The molecule has 0 bridgehead atoms. The van der Waals surface area contributed by atoms with E-state index in [1.54, 1.807) is 13.0 Å². The minimum Gasteiger partial charge on any atom is -0.295 e. The Kier molecular flexibility index (Phi) is 3.54. The molecule has 0 fully saturated rings. The molecule has 1 aliphatic carbocycles. The van der Waals surface area contributed by atoms with Crippen LogP contribution in [-0.2, 0) is 4.79 Å². The van der Waals surface area contributed by atoms with Gasteiger partial charge in [-0.1, -0.05) is 31.1 Å². The van der Waals surface area contributed by atoms with Gasteiger partial charge in [-0.15, -0.1) is 0 Å². The van der Waals surface area contributed by atoms with E-state index in [0.29, 0.717) is 11.3 Å². The van der Waals surface area contributed by atoms with Gasteiger partial charge < -0.3 is 0 Å². The highest BCUT2D eigenvalue weighted by molar-refractivity contribution is 5.87. The molecule has 0 amide bonds. The molecule has 1 unspecified atom stereocenters. The Balaban J connectivity index is 2.89. The van der Waals surface area contributed by atoms with Crippen LogP contribution >= 0.6 is 0 Å². The van der Waals surface area contributed by atoms with E-state index in [1.807, 2.05) is 0 Å². The molecule has 1 nitrogen and oxygen atoms in total. The molecule has 0 spiro atoms. The van der Waals surface area contributed by atoms with Crippen LogP contribution in [-0.4, -0.2) is 5.78 Å². The topological polar surface area (TPSA) is 17.1 Å². The molecule has 1 atom stereocenters. The molecule has 0 aromatic heterocycles. The number of carbonyl (C=O) groups is 1. The fourth-order valence-corrected chi connectivity index (χ4v) is 2.22. The maximum atomic E-state index is 10.9. The molecule has 0 aromatic carbocycles. The minimum absolute atomic E-state index is 0.144. The smallest absolute Gasteiger partial charge is 0.152 e. The molecule has 0 saturated carbocycles. The number of allylic oxidation sites excluding steroid dienone is 4. The number of rotatable bonds is 2. The third-order valence-corrected chi connectivity index (χ3v) is 3.81.